The molecule has 128 valence electrons. The number of halogens is 1. The molecule has 3 aromatic rings. The van der Waals surface area contributed by atoms with Crippen molar-refractivity contribution in [1.29, 1.82) is 0 Å². The molecule has 0 saturated heterocycles. The maximum atomic E-state index is 13.0. The van der Waals surface area contributed by atoms with Crippen molar-refractivity contribution >= 4 is 17.5 Å². The third-order valence-corrected chi connectivity index (χ3v) is 4.20. The monoisotopic (exact) mass is 355 g/mol. The quantitative estimate of drug-likeness (QED) is 0.682. The predicted octanol–water partition coefficient (Wildman–Crippen LogP) is 2.77. The molecule has 2 aromatic carbocycles. The summed E-state index contributed by atoms with van der Waals surface area (Å²) in [7, 11) is 1.78. The van der Waals surface area contributed by atoms with Gasteiger partial charge in [0.1, 0.15) is 12.4 Å². The van der Waals surface area contributed by atoms with Crippen LogP contribution in [0.3, 0.4) is 0 Å². The first-order valence-corrected chi connectivity index (χ1v) is 8.27. The number of carbonyl (C=O) groups excluding carboxylic acids is 1. The highest BCUT2D eigenvalue weighted by molar-refractivity contribution is 6.30. The molecule has 6 nitrogen and oxygen atoms in total. The molecule has 0 bridgehead atoms. The zero-order valence-corrected chi connectivity index (χ0v) is 14.5. The highest BCUT2D eigenvalue weighted by Crippen LogP contribution is 2.18. The summed E-state index contributed by atoms with van der Waals surface area (Å²) in [6.07, 6.45) is 2.00. The fourth-order valence-electron chi connectivity index (χ4n) is 2.64. The van der Waals surface area contributed by atoms with Gasteiger partial charge in [-0.25, -0.2) is 4.68 Å². The smallest absolute Gasteiger partial charge is 0.247 e. The van der Waals surface area contributed by atoms with Gasteiger partial charge >= 0.3 is 0 Å². The van der Waals surface area contributed by atoms with Crippen molar-refractivity contribution in [2.75, 3.05) is 7.05 Å². The molecule has 1 heterocycles. The second kappa shape index (κ2) is 7.90. The number of nitrogens with zero attached hydrogens (tertiary/aromatic N) is 5. The average molecular weight is 356 g/mol. The van der Waals surface area contributed by atoms with Crippen LogP contribution in [0.2, 0.25) is 5.02 Å². The Balaban J connectivity index is 1.77. The van der Waals surface area contributed by atoms with E-state index in [4.69, 9.17) is 11.6 Å². The second-order valence-corrected chi connectivity index (χ2v) is 6.25. The van der Waals surface area contributed by atoms with Gasteiger partial charge in [0.05, 0.1) is 0 Å². The lowest BCUT2D eigenvalue weighted by Gasteiger charge is -2.23. The van der Waals surface area contributed by atoms with Crippen LogP contribution in [0.4, 0.5) is 0 Å². The number of carbonyl (C=O) groups is 1. The standard InChI is InChI=1S/C18H18ClN5O/c1-23(12-15-7-9-16(19)10-8-15)18(25)17(24-13-20-21-22-24)11-14-5-3-2-4-6-14/h2-10,13,17H,11-12H2,1H3. The van der Waals surface area contributed by atoms with Gasteiger partial charge in [0.15, 0.2) is 0 Å². The molecule has 0 saturated carbocycles. The Kier molecular flexibility index (Phi) is 5.40. The van der Waals surface area contributed by atoms with Crippen LogP contribution in [0, 0.1) is 0 Å². The molecule has 0 aliphatic carbocycles. The van der Waals surface area contributed by atoms with E-state index in [0.29, 0.717) is 18.0 Å². The van der Waals surface area contributed by atoms with E-state index in [1.54, 1.807) is 11.9 Å². The van der Waals surface area contributed by atoms with Gasteiger partial charge in [-0.15, -0.1) is 5.10 Å². The van der Waals surface area contributed by atoms with Crippen LogP contribution in [0.5, 0.6) is 0 Å². The van der Waals surface area contributed by atoms with Crippen LogP contribution in [-0.4, -0.2) is 38.1 Å². The number of likely N-dealkylation sites (N-methyl/N-ethyl adjacent to an activating group) is 1. The third kappa shape index (κ3) is 4.42. The van der Waals surface area contributed by atoms with E-state index in [0.717, 1.165) is 11.1 Å². The zero-order chi connectivity index (χ0) is 17.6. The summed E-state index contributed by atoms with van der Waals surface area (Å²) in [6, 6.07) is 16.8. The molecular weight excluding hydrogens is 338 g/mol. The molecular formula is C18H18ClN5O. The van der Waals surface area contributed by atoms with E-state index in [2.05, 4.69) is 15.5 Å². The fraction of sp³-hybridized carbons (Fsp3) is 0.222. The zero-order valence-electron chi connectivity index (χ0n) is 13.8. The molecule has 0 fully saturated rings. The Bertz CT molecular complexity index is 805. The largest absolute Gasteiger partial charge is 0.340 e. The summed E-state index contributed by atoms with van der Waals surface area (Å²) in [5.74, 6) is -0.0499. The number of aromatic nitrogens is 4. The lowest BCUT2D eigenvalue weighted by Crippen LogP contribution is -2.35. The van der Waals surface area contributed by atoms with Crippen molar-refractivity contribution in [3.8, 4) is 0 Å². The van der Waals surface area contributed by atoms with Crippen molar-refractivity contribution < 1.29 is 4.79 Å². The topological polar surface area (TPSA) is 63.9 Å². The minimum Gasteiger partial charge on any atom is -0.340 e. The minimum absolute atomic E-state index is 0.0499. The van der Waals surface area contributed by atoms with Crippen LogP contribution >= 0.6 is 11.6 Å². The van der Waals surface area contributed by atoms with Gasteiger partial charge in [-0.1, -0.05) is 54.1 Å². The lowest BCUT2D eigenvalue weighted by atomic mass is 10.0. The first kappa shape index (κ1) is 17.1. The van der Waals surface area contributed by atoms with E-state index in [-0.39, 0.29) is 5.91 Å². The van der Waals surface area contributed by atoms with Crippen molar-refractivity contribution in [1.82, 2.24) is 25.1 Å². The van der Waals surface area contributed by atoms with Gasteiger partial charge < -0.3 is 4.90 Å². The number of rotatable bonds is 6. The molecule has 1 amide bonds. The fourth-order valence-corrected chi connectivity index (χ4v) is 2.76. The molecule has 0 aliphatic rings. The summed E-state index contributed by atoms with van der Waals surface area (Å²) >= 11 is 5.91. The number of hydrogen-bond donors (Lipinski definition) is 0. The van der Waals surface area contributed by atoms with Crippen LogP contribution < -0.4 is 0 Å². The Morgan fingerprint density at radius 3 is 2.48 bits per heavy atom. The third-order valence-electron chi connectivity index (χ3n) is 3.95. The summed E-state index contributed by atoms with van der Waals surface area (Å²) in [4.78, 5) is 14.7. The van der Waals surface area contributed by atoms with Gasteiger partial charge in [-0.05, 0) is 33.7 Å². The summed E-state index contributed by atoms with van der Waals surface area (Å²) < 4.78 is 1.51. The summed E-state index contributed by atoms with van der Waals surface area (Å²) in [5.41, 5.74) is 2.06. The van der Waals surface area contributed by atoms with Gasteiger partial charge in [-0.2, -0.15) is 0 Å². The van der Waals surface area contributed by atoms with E-state index >= 15 is 0 Å². The van der Waals surface area contributed by atoms with E-state index < -0.39 is 6.04 Å². The van der Waals surface area contributed by atoms with Crippen LogP contribution in [0.15, 0.2) is 60.9 Å². The van der Waals surface area contributed by atoms with E-state index in [9.17, 15) is 4.79 Å². The molecule has 7 heteroatoms. The highest BCUT2D eigenvalue weighted by Gasteiger charge is 2.25. The summed E-state index contributed by atoms with van der Waals surface area (Å²) in [5, 5.41) is 11.9. The van der Waals surface area contributed by atoms with Gasteiger partial charge in [0.2, 0.25) is 5.91 Å². The highest BCUT2D eigenvalue weighted by atomic mass is 35.5. The van der Waals surface area contributed by atoms with E-state index in [1.807, 2.05) is 54.6 Å². The molecule has 0 N–H and O–H groups in total. The van der Waals surface area contributed by atoms with Crippen LogP contribution in [0.25, 0.3) is 0 Å². The number of benzene rings is 2. The molecule has 3 rings (SSSR count). The van der Waals surface area contributed by atoms with Gasteiger partial charge in [0, 0.05) is 25.0 Å². The Hall–Kier alpha value is -2.73. The maximum Gasteiger partial charge on any atom is 0.247 e. The number of amides is 1. The predicted molar refractivity (Wildman–Crippen MR) is 94.9 cm³/mol. The lowest BCUT2D eigenvalue weighted by molar-refractivity contribution is -0.134. The molecule has 1 atom stereocenters. The van der Waals surface area contributed by atoms with Crippen molar-refractivity contribution in [3.05, 3.63) is 77.1 Å². The molecule has 25 heavy (non-hydrogen) atoms. The van der Waals surface area contributed by atoms with Crippen molar-refractivity contribution in [2.45, 2.75) is 19.0 Å². The SMILES string of the molecule is CN(Cc1ccc(Cl)cc1)C(=O)C(Cc1ccccc1)n1cnnn1. The number of tetrazole rings is 1. The first-order valence-electron chi connectivity index (χ1n) is 7.89. The van der Waals surface area contributed by atoms with Crippen molar-refractivity contribution in [3.63, 3.8) is 0 Å². The maximum absolute atomic E-state index is 13.0. The molecule has 1 unspecified atom stereocenters. The van der Waals surface area contributed by atoms with Gasteiger partial charge in [-0.3, -0.25) is 4.79 Å². The summed E-state index contributed by atoms with van der Waals surface area (Å²) in [6.45, 7) is 0.490. The van der Waals surface area contributed by atoms with Gasteiger partial charge in [0.25, 0.3) is 0 Å². The molecule has 0 spiro atoms. The van der Waals surface area contributed by atoms with Crippen LogP contribution in [0.1, 0.15) is 17.2 Å². The van der Waals surface area contributed by atoms with Crippen LogP contribution in [-0.2, 0) is 17.8 Å². The normalized spacial score (nSPS) is 11.9. The first-order chi connectivity index (χ1) is 12.1. The molecule has 1 aromatic heterocycles. The average Bonchev–Trinajstić information content (AvgIpc) is 3.16. The number of hydrogen-bond acceptors (Lipinski definition) is 4. The van der Waals surface area contributed by atoms with Crippen molar-refractivity contribution in [2.24, 2.45) is 0 Å². The molecule has 0 aliphatic heterocycles. The Morgan fingerprint density at radius 1 is 1.12 bits per heavy atom. The molecule has 0 radical (unpaired) electrons. The second-order valence-electron chi connectivity index (χ2n) is 5.82. The minimum atomic E-state index is -0.491. The van der Waals surface area contributed by atoms with E-state index in [1.165, 1.54) is 11.0 Å². The Labute approximate surface area is 151 Å². The Morgan fingerprint density at radius 2 is 1.84 bits per heavy atom.